The predicted molar refractivity (Wildman–Crippen MR) is 108 cm³/mol. The largest absolute Gasteiger partial charge is 0.482 e. The molecule has 4 rings (SSSR count). The molecule has 0 radical (unpaired) electrons. The molecule has 3 heterocycles. The Morgan fingerprint density at radius 3 is 2.66 bits per heavy atom. The van der Waals surface area contributed by atoms with Gasteiger partial charge in [0.1, 0.15) is 17.1 Å². The molecule has 3 N–H and O–H groups in total. The molecule has 2 aromatic heterocycles. The summed E-state index contributed by atoms with van der Waals surface area (Å²) in [5.41, 5.74) is 1.62. The molecule has 0 fully saturated rings. The van der Waals surface area contributed by atoms with Gasteiger partial charge < -0.3 is 15.0 Å². The third kappa shape index (κ3) is 4.53. The van der Waals surface area contributed by atoms with Gasteiger partial charge in [-0.1, -0.05) is 0 Å². The van der Waals surface area contributed by atoms with E-state index in [9.17, 15) is 36.7 Å². The van der Waals surface area contributed by atoms with Gasteiger partial charge >= 0.3 is 12.1 Å². The third-order valence-electron chi connectivity index (χ3n) is 4.72. The van der Waals surface area contributed by atoms with Crippen LogP contribution in [0.4, 0.5) is 28.9 Å². The molecule has 0 aliphatic carbocycles. The van der Waals surface area contributed by atoms with E-state index in [0.29, 0.717) is 22.1 Å². The van der Waals surface area contributed by atoms with Crippen molar-refractivity contribution in [3.8, 4) is 5.75 Å². The van der Waals surface area contributed by atoms with Crippen molar-refractivity contribution in [2.45, 2.75) is 6.18 Å². The number of hydrogen-bond acceptors (Lipinski definition) is 7. The molecule has 0 saturated carbocycles. The molecule has 1 aromatic carbocycles. The van der Waals surface area contributed by atoms with Crippen LogP contribution in [-0.4, -0.2) is 58.1 Å². The zero-order valence-corrected chi connectivity index (χ0v) is 17.4. The fourth-order valence-electron chi connectivity index (χ4n) is 3.02. The van der Waals surface area contributed by atoms with Crippen molar-refractivity contribution in [3.05, 3.63) is 47.7 Å². The second-order valence-corrected chi connectivity index (χ2v) is 7.04. The monoisotopic (exact) mass is 495 g/mol. The van der Waals surface area contributed by atoms with Gasteiger partial charge in [-0.25, -0.2) is 13.9 Å². The Labute approximate surface area is 191 Å². The summed E-state index contributed by atoms with van der Waals surface area (Å²) in [5.74, 6) is -5.69. The van der Waals surface area contributed by atoms with Gasteiger partial charge in [-0.15, -0.1) is 0 Å². The van der Waals surface area contributed by atoms with E-state index in [0.717, 1.165) is 16.4 Å². The first-order valence-electron chi connectivity index (χ1n) is 9.52. The third-order valence-corrected chi connectivity index (χ3v) is 4.72. The number of carbonyl (C=O) groups excluding carboxylic acids is 4. The molecule has 0 unspecified atom stereocenters. The first-order valence-corrected chi connectivity index (χ1v) is 9.52. The van der Waals surface area contributed by atoms with Crippen LogP contribution in [-0.2, 0) is 9.59 Å². The number of rotatable bonds is 3. The van der Waals surface area contributed by atoms with Crippen molar-refractivity contribution in [1.29, 1.82) is 0 Å². The predicted octanol–water partition coefficient (Wildman–Crippen LogP) is 0.799. The summed E-state index contributed by atoms with van der Waals surface area (Å²) in [5, 5.41) is 6.15. The van der Waals surface area contributed by atoms with Gasteiger partial charge in [0.15, 0.2) is 18.1 Å². The van der Waals surface area contributed by atoms with Gasteiger partial charge in [-0.3, -0.25) is 30.0 Å². The van der Waals surface area contributed by atoms with Crippen molar-refractivity contribution in [2.75, 3.05) is 23.9 Å². The Morgan fingerprint density at radius 1 is 1.20 bits per heavy atom. The number of carbonyl (C=O) groups is 4. The second-order valence-electron chi connectivity index (χ2n) is 7.04. The Morgan fingerprint density at radius 2 is 1.94 bits per heavy atom. The van der Waals surface area contributed by atoms with Crippen molar-refractivity contribution >= 4 is 40.7 Å². The van der Waals surface area contributed by atoms with Crippen LogP contribution < -0.4 is 25.8 Å². The smallest absolute Gasteiger partial charge is 0.472 e. The summed E-state index contributed by atoms with van der Waals surface area (Å²) in [4.78, 5) is 52.9. The normalized spacial score (nSPS) is 12.9. The Hall–Kier alpha value is -4.76. The number of fused-ring (bicyclic) bond motifs is 2. The van der Waals surface area contributed by atoms with Gasteiger partial charge in [-0.05, 0) is 18.2 Å². The number of hydrazine groups is 1. The van der Waals surface area contributed by atoms with Crippen LogP contribution >= 0.6 is 0 Å². The van der Waals surface area contributed by atoms with Crippen molar-refractivity contribution in [2.24, 2.45) is 0 Å². The number of benzene rings is 1. The minimum absolute atomic E-state index is 0.170. The zero-order chi connectivity index (χ0) is 25.5. The van der Waals surface area contributed by atoms with E-state index in [1.165, 1.54) is 30.7 Å². The molecule has 35 heavy (non-hydrogen) atoms. The number of hydrogen-bond donors (Lipinski definition) is 3. The van der Waals surface area contributed by atoms with Crippen molar-refractivity contribution < 1.29 is 41.5 Å². The zero-order valence-electron chi connectivity index (χ0n) is 17.4. The number of halogens is 4. The average Bonchev–Trinajstić information content (AvgIpc) is 3.20. The lowest BCUT2D eigenvalue weighted by Gasteiger charge is -2.22. The summed E-state index contributed by atoms with van der Waals surface area (Å²) in [6, 6.07) is 5.29. The molecule has 0 saturated heterocycles. The highest BCUT2D eigenvalue weighted by molar-refractivity contribution is 6.07. The van der Waals surface area contributed by atoms with Crippen LogP contribution in [0, 0.1) is 5.82 Å². The van der Waals surface area contributed by atoms with Crippen LogP contribution in [0.2, 0.25) is 0 Å². The highest BCUT2D eigenvalue weighted by Gasteiger charge is 2.39. The quantitative estimate of drug-likeness (QED) is 0.360. The number of nitrogens with zero attached hydrogens (tertiary/aromatic N) is 4. The van der Waals surface area contributed by atoms with E-state index in [1.807, 2.05) is 0 Å². The summed E-state index contributed by atoms with van der Waals surface area (Å²) in [6.45, 7) is -0.170. The van der Waals surface area contributed by atoms with Gasteiger partial charge in [0, 0.05) is 18.8 Å². The SMILES string of the molecule is CN(C(=O)c1cc(C(=O)NNC(=O)C(F)(F)F)n2ncc(F)c2n1)c1ccc2c(c1)NC(=O)CO2. The van der Waals surface area contributed by atoms with Crippen molar-refractivity contribution in [3.63, 3.8) is 0 Å². The molecule has 182 valence electrons. The molecule has 3 aromatic rings. The summed E-state index contributed by atoms with van der Waals surface area (Å²) < 4.78 is 57.2. The minimum atomic E-state index is -5.28. The lowest BCUT2D eigenvalue weighted by Crippen LogP contribution is -2.48. The maximum Gasteiger partial charge on any atom is 0.472 e. The highest BCUT2D eigenvalue weighted by Crippen LogP contribution is 2.32. The van der Waals surface area contributed by atoms with E-state index in [2.05, 4.69) is 15.4 Å². The van der Waals surface area contributed by atoms with E-state index < -0.39 is 52.7 Å². The molecule has 0 atom stereocenters. The van der Waals surface area contributed by atoms with Gasteiger partial charge in [0.2, 0.25) is 0 Å². The number of alkyl halides is 3. The highest BCUT2D eigenvalue weighted by atomic mass is 19.4. The minimum Gasteiger partial charge on any atom is -0.482 e. The van der Waals surface area contributed by atoms with Gasteiger partial charge in [0.05, 0.1) is 11.9 Å². The topological polar surface area (TPSA) is 147 Å². The average molecular weight is 495 g/mol. The van der Waals surface area contributed by atoms with Gasteiger partial charge in [0.25, 0.3) is 17.7 Å². The Bertz CT molecular complexity index is 1390. The molecule has 0 spiro atoms. The van der Waals surface area contributed by atoms with Crippen LogP contribution in [0.15, 0.2) is 30.5 Å². The van der Waals surface area contributed by atoms with Gasteiger partial charge in [-0.2, -0.15) is 18.3 Å². The Balaban J connectivity index is 1.65. The molecule has 16 heteroatoms. The van der Waals surface area contributed by atoms with E-state index >= 15 is 0 Å². The molecular weight excluding hydrogens is 482 g/mol. The van der Waals surface area contributed by atoms with E-state index in [4.69, 9.17) is 4.74 Å². The molecule has 0 bridgehead atoms. The summed E-state index contributed by atoms with van der Waals surface area (Å²) >= 11 is 0. The molecule has 4 amide bonds. The van der Waals surface area contributed by atoms with Crippen LogP contribution in [0.3, 0.4) is 0 Å². The lowest BCUT2D eigenvalue weighted by atomic mass is 10.2. The standard InChI is InChI=1S/C19H13F4N7O5/c1-29(8-2-3-13-10(4-8)25-14(31)7-35-13)17(33)11-5-12(30-15(26-11)9(20)6-24-30)16(32)27-28-18(34)19(21,22)23/h2-6H,7H2,1H3,(H,25,31)(H,27,32)(H,28,34). The lowest BCUT2D eigenvalue weighted by molar-refractivity contribution is -0.174. The van der Waals surface area contributed by atoms with Crippen LogP contribution in [0.5, 0.6) is 5.75 Å². The number of nitrogens with one attached hydrogen (secondary N) is 3. The van der Waals surface area contributed by atoms with E-state index in [1.54, 1.807) is 0 Å². The summed E-state index contributed by atoms with van der Waals surface area (Å²) in [7, 11) is 1.33. The fourth-order valence-corrected chi connectivity index (χ4v) is 3.02. The first-order chi connectivity index (χ1) is 16.5. The molecule has 1 aliphatic heterocycles. The van der Waals surface area contributed by atoms with Crippen LogP contribution in [0.25, 0.3) is 5.65 Å². The molecular formula is C19H13F4N7O5. The number of ether oxygens (including phenoxy) is 1. The fraction of sp³-hybridized carbons (Fsp3) is 0.158. The number of aromatic nitrogens is 3. The van der Waals surface area contributed by atoms with Crippen LogP contribution in [0.1, 0.15) is 21.0 Å². The first kappa shape index (κ1) is 23.4. The number of amides is 4. The second kappa shape index (κ2) is 8.54. The molecule has 1 aliphatic rings. The Kier molecular flexibility index (Phi) is 5.71. The number of anilines is 2. The molecule has 12 nitrogen and oxygen atoms in total. The summed E-state index contributed by atoms with van der Waals surface area (Å²) in [6.07, 6.45) is -4.60. The van der Waals surface area contributed by atoms with Crippen molar-refractivity contribution in [1.82, 2.24) is 25.4 Å². The maximum absolute atomic E-state index is 14.2. The maximum atomic E-state index is 14.2. The van der Waals surface area contributed by atoms with E-state index in [-0.39, 0.29) is 12.3 Å².